The van der Waals surface area contributed by atoms with Crippen LogP contribution in [0.15, 0.2) is 146 Å². The summed E-state index contributed by atoms with van der Waals surface area (Å²) in [5, 5.41) is 4.85. The van der Waals surface area contributed by atoms with Gasteiger partial charge in [0.15, 0.2) is 0 Å². The zero-order valence-electron chi connectivity index (χ0n) is 32.1. The first kappa shape index (κ1) is 33.1. The number of hydrogen-bond donors (Lipinski definition) is 1. The van der Waals surface area contributed by atoms with Crippen molar-refractivity contribution in [2.24, 2.45) is 0 Å². The van der Waals surface area contributed by atoms with E-state index in [1.54, 1.807) is 0 Å². The smallest absolute Gasteiger partial charge is 0.147 e. The fourth-order valence-electron chi connectivity index (χ4n) is 8.32. The highest BCUT2D eigenvalue weighted by atomic mass is 15.1. The van der Waals surface area contributed by atoms with Crippen LogP contribution in [0.1, 0.15) is 52.7 Å². The molecular formula is C50H43N5. The summed E-state index contributed by atoms with van der Waals surface area (Å²) < 4.78 is 4.66. The summed E-state index contributed by atoms with van der Waals surface area (Å²) in [6.07, 6.45) is 1.95. The van der Waals surface area contributed by atoms with Crippen LogP contribution in [-0.4, -0.2) is 24.1 Å². The average molecular weight is 714 g/mol. The number of imidazole rings is 1. The van der Waals surface area contributed by atoms with E-state index in [9.17, 15) is 0 Å². The molecule has 0 amide bonds. The normalized spacial score (nSPS) is 12.5. The van der Waals surface area contributed by atoms with Crippen molar-refractivity contribution in [3.05, 3.63) is 157 Å². The van der Waals surface area contributed by atoms with Crippen molar-refractivity contribution in [1.29, 1.82) is 0 Å². The molecule has 0 aliphatic carbocycles. The average Bonchev–Trinajstić information content (AvgIpc) is 3.87. The summed E-state index contributed by atoms with van der Waals surface area (Å²) in [6, 6.07) is 50.4. The molecule has 0 saturated carbocycles. The van der Waals surface area contributed by atoms with Gasteiger partial charge in [0.25, 0.3) is 0 Å². The van der Waals surface area contributed by atoms with Gasteiger partial charge in [-0.1, -0.05) is 120 Å². The molecule has 0 atom stereocenters. The van der Waals surface area contributed by atoms with Gasteiger partial charge in [-0.3, -0.25) is 9.13 Å². The van der Waals surface area contributed by atoms with Gasteiger partial charge in [-0.2, -0.15) is 0 Å². The molecule has 4 heterocycles. The van der Waals surface area contributed by atoms with Gasteiger partial charge in [-0.05, 0) is 88.2 Å². The molecule has 5 nitrogen and oxygen atoms in total. The number of aromatic amines is 1. The van der Waals surface area contributed by atoms with Crippen molar-refractivity contribution in [2.45, 2.75) is 52.4 Å². The number of aromatic nitrogens is 5. The van der Waals surface area contributed by atoms with E-state index in [0.29, 0.717) is 0 Å². The van der Waals surface area contributed by atoms with Crippen molar-refractivity contribution in [1.82, 2.24) is 24.1 Å². The van der Waals surface area contributed by atoms with Crippen LogP contribution in [0.25, 0.3) is 88.7 Å². The molecule has 268 valence electrons. The quantitative estimate of drug-likeness (QED) is 0.197. The van der Waals surface area contributed by atoms with E-state index in [2.05, 4.69) is 195 Å². The van der Waals surface area contributed by atoms with Gasteiger partial charge < -0.3 is 4.98 Å². The molecular weight excluding hydrogens is 671 g/mol. The van der Waals surface area contributed by atoms with E-state index in [1.807, 2.05) is 6.20 Å². The van der Waals surface area contributed by atoms with Gasteiger partial charge in [0.05, 0.1) is 27.6 Å². The molecule has 10 aromatic rings. The first-order valence-corrected chi connectivity index (χ1v) is 19.2. The molecule has 0 aliphatic heterocycles. The number of hydrogen-bond acceptors (Lipinski definition) is 2. The second kappa shape index (κ2) is 12.0. The summed E-state index contributed by atoms with van der Waals surface area (Å²) in [7, 11) is 0. The molecule has 0 fully saturated rings. The number of para-hydroxylation sites is 4. The number of benzene rings is 6. The van der Waals surface area contributed by atoms with Crippen LogP contribution in [0.2, 0.25) is 0 Å². The Morgan fingerprint density at radius 3 is 2.05 bits per heavy atom. The van der Waals surface area contributed by atoms with Crippen molar-refractivity contribution < 1.29 is 0 Å². The van der Waals surface area contributed by atoms with Crippen LogP contribution in [0.4, 0.5) is 0 Å². The van der Waals surface area contributed by atoms with Gasteiger partial charge in [-0.25, -0.2) is 9.97 Å². The molecule has 4 aromatic heterocycles. The van der Waals surface area contributed by atoms with Crippen molar-refractivity contribution in [3.63, 3.8) is 0 Å². The lowest BCUT2D eigenvalue weighted by Crippen LogP contribution is -2.12. The highest BCUT2D eigenvalue weighted by molar-refractivity contribution is 6.13. The fraction of sp³-hybridized carbons (Fsp3) is 0.160. The van der Waals surface area contributed by atoms with Gasteiger partial charge in [-0.15, -0.1) is 0 Å². The van der Waals surface area contributed by atoms with E-state index >= 15 is 0 Å². The van der Waals surface area contributed by atoms with Crippen LogP contribution in [0.5, 0.6) is 0 Å². The van der Waals surface area contributed by atoms with Crippen LogP contribution in [0.3, 0.4) is 0 Å². The van der Waals surface area contributed by atoms with E-state index in [0.717, 1.165) is 67.1 Å². The lowest BCUT2D eigenvalue weighted by molar-refractivity contribution is 0.588. The monoisotopic (exact) mass is 713 g/mol. The first-order chi connectivity index (χ1) is 26.5. The maximum absolute atomic E-state index is 5.56. The minimum absolute atomic E-state index is 0.0108. The van der Waals surface area contributed by atoms with E-state index < -0.39 is 0 Å². The third kappa shape index (κ3) is 5.29. The number of pyridine rings is 1. The maximum atomic E-state index is 5.56. The molecule has 0 saturated heterocycles. The Morgan fingerprint density at radius 1 is 0.509 bits per heavy atom. The zero-order valence-corrected chi connectivity index (χ0v) is 32.1. The fourth-order valence-corrected chi connectivity index (χ4v) is 8.32. The van der Waals surface area contributed by atoms with Crippen molar-refractivity contribution in [3.8, 4) is 34.0 Å². The second-order valence-electron chi connectivity index (χ2n) is 16.9. The summed E-state index contributed by atoms with van der Waals surface area (Å²) in [4.78, 5) is 14.3. The van der Waals surface area contributed by atoms with Crippen LogP contribution >= 0.6 is 0 Å². The predicted octanol–water partition coefficient (Wildman–Crippen LogP) is 13.1. The molecule has 1 N–H and O–H groups in total. The Balaban J connectivity index is 1.25. The second-order valence-corrected chi connectivity index (χ2v) is 16.9. The van der Waals surface area contributed by atoms with E-state index in [1.165, 1.54) is 32.7 Å². The molecule has 0 unspecified atom stereocenters. The maximum Gasteiger partial charge on any atom is 0.147 e. The van der Waals surface area contributed by atoms with E-state index in [4.69, 9.17) is 9.97 Å². The molecule has 10 rings (SSSR count). The summed E-state index contributed by atoms with van der Waals surface area (Å²) in [6.45, 7) is 13.6. The Morgan fingerprint density at radius 2 is 1.24 bits per heavy atom. The van der Waals surface area contributed by atoms with Gasteiger partial charge in [0.2, 0.25) is 0 Å². The number of nitrogens with one attached hydrogen (secondary N) is 1. The minimum Gasteiger partial charge on any atom is -0.354 e. The van der Waals surface area contributed by atoms with Gasteiger partial charge >= 0.3 is 0 Å². The molecule has 0 bridgehead atoms. The molecule has 6 aromatic carbocycles. The topological polar surface area (TPSA) is 51.4 Å². The number of nitrogens with zero attached hydrogens (tertiary/aromatic N) is 4. The molecule has 0 radical (unpaired) electrons. The first-order valence-electron chi connectivity index (χ1n) is 19.2. The van der Waals surface area contributed by atoms with Crippen LogP contribution in [0, 0.1) is 0 Å². The number of fused-ring (bicyclic) bond motifs is 7. The summed E-state index contributed by atoms with van der Waals surface area (Å²) in [5.41, 5.74) is 13.4. The highest BCUT2D eigenvalue weighted by Gasteiger charge is 2.23. The number of rotatable bonds is 4. The lowest BCUT2D eigenvalue weighted by atomic mass is 9.86. The third-order valence-electron chi connectivity index (χ3n) is 11.3. The molecule has 0 spiro atoms. The zero-order chi connectivity index (χ0) is 37.6. The largest absolute Gasteiger partial charge is 0.354 e. The van der Waals surface area contributed by atoms with Crippen LogP contribution < -0.4 is 0 Å². The highest BCUT2D eigenvalue weighted by Crippen LogP contribution is 2.41. The summed E-state index contributed by atoms with van der Waals surface area (Å²) in [5.74, 6) is 1.83. The third-order valence-corrected chi connectivity index (χ3v) is 11.3. The van der Waals surface area contributed by atoms with Crippen LogP contribution in [-0.2, 0) is 10.8 Å². The van der Waals surface area contributed by atoms with E-state index in [-0.39, 0.29) is 10.8 Å². The Hall–Kier alpha value is -6.46. The minimum atomic E-state index is -0.0108. The van der Waals surface area contributed by atoms with Crippen molar-refractivity contribution >= 4 is 54.6 Å². The number of H-pyrrole nitrogens is 1. The SMILES string of the molecule is CC(C)(C)c1ccnc(-n2c3ccc(C(C)(C)C)cc3c3ccc(-c4cccc5c4nc(-c4cccc6c4[nH]c4ccccc46)n5-c4ccccc4)cc32)c1. The summed E-state index contributed by atoms with van der Waals surface area (Å²) >= 11 is 0. The van der Waals surface area contributed by atoms with Gasteiger partial charge in [0, 0.05) is 50.1 Å². The standard InChI is InChI=1S/C50H43N5/c1-49(2,3)32-23-25-42-40(29-32)37-24-22-31(28-44(37)55(42)45-30-33(26-27-51-45)50(4,5)6)35-17-13-21-43-47(35)53-48(54(43)34-14-8-7-9-15-34)39-19-12-18-38-36-16-10-11-20-41(36)52-46(38)39/h7-30,52H,1-6H3. The Labute approximate surface area is 320 Å². The predicted molar refractivity (Wildman–Crippen MR) is 231 cm³/mol. The Kier molecular flexibility index (Phi) is 7.24. The molecule has 55 heavy (non-hydrogen) atoms. The molecule has 0 aliphatic rings. The Bertz CT molecular complexity index is 3110. The lowest BCUT2D eigenvalue weighted by Gasteiger charge is -2.20. The molecule has 5 heteroatoms. The van der Waals surface area contributed by atoms with Gasteiger partial charge in [0.1, 0.15) is 11.6 Å². The van der Waals surface area contributed by atoms with Crippen molar-refractivity contribution in [2.75, 3.05) is 0 Å².